The summed E-state index contributed by atoms with van der Waals surface area (Å²) in [5.41, 5.74) is 6.36. The van der Waals surface area contributed by atoms with Gasteiger partial charge >= 0.3 is 0 Å². The fourth-order valence-electron chi connectivity index (χ4n) is 2.74. The zero-order valence-electron chi connectivity index (χ0n) is 13.5. The third kappa shape index (κ3) is 4.59. The average molecular weight is 306 g/mol. The second kappa shape index (κ2) is 6.52. The summed E-state index contributed by atoms with van der Waals surface area (Å²) in [5, 5.41) is 16.4. The molecule has 1 aliphatic carbocycles. The zero-order chi connectivity index (χ0) is 16.3. The molecule has 1 heterocycles. The number of rotatable bonds is 4. The van der Waals surface area contributed by atoms with E-state index in [2.05, 4.69) is 15.6 Å². The van der Waals surface area contributed by atoms with E-state index in [1.54, 1.807) is 0 Å². The molecule has 1 amide bonds. The van der Waals surface area contributed by atoms with Crippen molar-refractivity contribution in [1.82, 2.24) is 4.98 Å². The van der Waals surface area contributed by atoms with Gasteiger partial charge in [0.25, 0.3) is 5.91 Å². The number of aliphatic hydroxyl groups excluding tert-OH is 1. The van der Waals surface area contributed by atoms with E-state index in [0.717, 1.165) is 19.3 Å². The standard InChI is InChI=1S/C16H26N4O2/c1-16(2,3)20-14-8-13(12(9-18-14)15(17)22)19-10-5-4-6-11(21)7-10/h8-11,21H,4-7H2,1-3H3,(H2,17,22)(H2,18,19,20)/t10-,11?/m1/s1. The first-order valence-corrected chi connectivity index (χ1v) is 7.77. The number of aromatic nitrogens is 1. The molecule has 0 bridgehead atoms. The summed E-state index contributed by atoms with van der Waals surface area (Å²) in [5.74, 6) is 0.185. The number of nitrogens with one attached hydrogen (secondary N) is 2. The molecule has 2 atom stereocenters. The molecule has 0 radical (unpaired) electrons. The van der Waals surface area contributed by atoms with Crippen molar-refractivity contribution >= 4 is 17.4 Å². The predicted octanol–water partition coefficient (Wildman–Crippen LogP) is 2.11. The number of carbonyl (C=O) groups excluding carboxylic acids is 1. The van der Waals surface area contributed by atoms with Gasteiger partial charge in [-0.1, -0.05) is 0 Å². The zero-order valence-corrected chi connectivity index (χ0v) is 13.5. The van der Waals surface area contributed by atoms with Gasteiger partial charge < -0.3 is 21.5 Å². The number of anilines is 2. The van der Waals surface area contributed by atoms with Gasteiger partial charge in [-0.2, -0.15) is 0 Å². The number of hydrogen-bond acceptors (Lipinski definition) is 5. The fourth-order valence-corrected chi connectivity index (χ4v) is 2.74. The van der Waals surface area contributed by atoms with Crippen LogP contribution < -0.4 is 16.4 Å². The first kappa shape index (κ1) is 16.5. The van der Waals surface area contributed by atoms with Gasteiger partial charge in [0.15, 0.2) is 0 Å². The van der Waals surface area contributed by atoms with Gasteiger partial charge in [0.1, 0.15) is 5.82 Å². The summed E-state index contributed by atoms with van der Waals surface area (Å²) >= 11 is 0. The molecule has 1 aromatic rings. The van der Waals surface area contributed by atoms with Crippen molar-refractivity contribution in [2.75, 3.05) is 10.6 Å². The normalized spacial score (nSPS) is 22.2. The maximum atomic E-state index is 11.6. The maximum Gasteiger partial charge on any atom is 0.252 e. The minimum Gasteiger partial charge on any atom is -0.393 e. The van der Waals surface area contributed by atoms with Crippen LogP contribution in [0.1, 0.15) is 56.8 Å². The lowest BCUT2D eigenvalue weighted by atomic mass is 9.92. The Bertz CT molecular complexity index is 539. The van der Waals surface area contributed by atoms with Crippen LogP contribution in [-0.4, -0.2) is 33.7 Å². The molecule has 6 heteroatoms. The van der Waals surface area contributed by atoms with Crippen LogP contribution in [0.25, 0.3) is 0 Å². The van der Waals surface area contributed by atoms with Crippen molar-refractivity contribution < 1.29 is 9.90 Å². The Labute approximate surface area is 131 Å². The van der Waals surface area contributed by atoms with Crippen LogP contribution in [0.3, 0.4) is 0 Å². The second-order valence-electron chi connectivity index (χ2n) is 7.02. The molecule has 0 saturated heterocycles. The van der Waals surface area contributed by atoms with Crippen molar-refractivity contribution in [2.45, 2.75) is 64.1 Å². The monoisotopic (exact) mass is 306 g/mol. The van der Waals surface area contributed by atoms with Gasteiger partial charge in [0, 0.05) is 23.8 Å². The number of hydrogen-bond donors (Lipinski definition) is 4. The topological polar surface area (TPSA) is 100 Å². The Kier molecular flexibility index (Phi) is 4.90. The van der Waals surface area contributed by atoms with Gasteiger partial charge in [0.2, 0.25) is 0 Å². The summed E-state index contributed by atoms with van der Waals surface area (Å²) in [7, 11) is 0. The molecule has 22 heavy (non-hydrogen) atoms. The molecule has 0 aromatic carbocycles. The number of primary amides is 1. The van der Waals surface area contributed by atoms with Crippen LogP contribution in [0.2, 0.25) is 0 Å². The van der Waals surface area contributed by atoms with E-state index in [9.17, 15) is 9.90 Å². The molecule has 1 aromatic heterocycles. The van der Waals surface area contributed by atoms with Gasteiger partial charge in [-0.05, 0) is 46.5 Å². The van der Waals surface area contributed by atoms with Crippen molar-refractivity contribution in [3.05, 3.63) is 17.8 Å². The first-order chi connectivity index (χ1) is 10.2. The number of pyridine rings is 1. The Morgan fingerprint density at radius 1 is 1.41 bits per heavy atom. The Morgan fingerprint density at radius 3 is 2.73 bits per heavy atom. The average Bonchev–Trinajstić information content (AvgIpc) is 2.36. The van der Waals surface area contributed by atoms with Gasteiger partial charge in [-0.15, -0.1) is 0 Å². The second-order valence-corrected chi connectivity index (χ2v) is 7.02. The molecule has 2 rings (SSSR count). The van der Waals surface area contributed by atoms with Gasteiger partial charge in [0.05, 0.1) is 17.4 Å². The lowest BCUT2D eigenvalue weighted by Crippen LogP contribution is -2.31. The van der Waals surface area contributed by atoms with E-state index >= 15 is 0 Å². The van der Waals surface area contributed by atoms with Crippen LogP contribution in [0.4, 0.5) is 11.5 Å². The van der Waals surface area contributed by atoms with Crippen LogP contribution in [0.15, 0.2) is 12.3 Å². The summed E-state index contributed by atoms with van der Waals surface area (Å²) in [6.07, 6.45) is 4.69. The van der Waals surface area contributed by atoms with E-state index < -0.39 is 5.91 Å². The lowest BCUT2D eigenvalue weighted by Gasteiger charge is -2.28. The number of amides is 1. The van der Waals surface area contributed by atoms with E-state index in [4.69, 9.17) is 5.73 Å². The number of carbonyl (C=O) groups is 1. The number of nitrogens with two attached hydrogens (primary N) is 1. The molecule has 6 nitrogen and oxygen atoms in total. The highest BCUT2D eigenvalue weighted by Gasteiger charge is 2.22. The summed E-state index contributed by atoms with van der Waals surface area (Å²) in [6.45, 7) is 6.13. The van der Waals surface area contributed by atoms with Crippen molar-refractivity contribution in [3.8, 4) is 0 Å². The molecular formula is C16H26N4O2. The molecule has 1 saturated carbocycles. The molecule has 1 unspecified atom stereocenters. The van der Waals surface area contributed by atoms with E-state index in [0.29, 0.717) is 23.5 Å². The summed E-state index contributed by atoms with van der Waals surface area (Å²) in [4.78, 5) is 15.8. The minimum absolute atomic E-state index is 0.125. The molecule has 1 aliphatic rings. The molecule has 0 aliphatic heterocycles. The maximum absolute atomic E-state index is 11.6. The van der Waals surface area contributed by atoms with E-state index in [1.165, 1.54) is 6.20 Å². The quantitative estimate of drug-likeness (QED) is 0.682. The van der Waals surface area contributed by atoms with E-state index in [1.807, 2.05) is 26.8 Å². The van der Waals surface area contributed by atoms with E-state index in [-0.39, 0.29) is 17.7 Å². The predicted molar refractivity (Wildman–Crippen MR) is 88.0 cm³/mol. The molecular weight excluding hydrogens is 280 g/mol. The highest BCUT2D eigenvalue weighted by atomic mass is 16.3. The molecule has 122 valence electrons. The highest BCUT2D eigenvalue weighted by molar-refractivity contribution is 5.98. The van der Waals surface area contributed by atoms with Crippen molar-refractivity contribution in [1.29, 1.82) is 0 Å². The van der Waals surface area contributed by atoms with Crippen LogP contribution in [-0.2, 0) is 0 Å². The molecule has 0 spiro atoms. The summed E-state index contributed by atoms with van der Waals surface area (Å²) < 4.78 is 0. The largest absolute Gasteiger partial charge is 0.393 e. The van der Waals surface area contributed by atoms with Crippen LogP contribution in [0, 0.1) is 0 Å². The van der Waals surface area contributed by atoms with Crippen molar-refractivity contribution in [3.63, 3.8) is 0 Å². The number of aliphatic hydroxyl groups is 1. The van der Waals surface area contributed by atoms with Crippen molar-refractivity contribution in [2.24, 2.45) is 5.73 Å². The SMILES string of the molecule is CC(C)(C)Nc1cc(N[C@@H]2CCCC(O)C2)c(C(N)=O)cn1. The van der Waals surface area contributed by atoms with Gasteiger partial charge in [-0.3, -0.25) is 4.79 Å². The first-order valence-electron chi connectivity index (χ1n) is 7.77. The molecule has 1 fully saturated rings. The lowest BCUT2D eigenvalue weighted by molar-refractivity contribution is 0.100. The van der Waals surface area contributed by atoms with Crippen LogP contribution >= 0.6 is 0 Å². The Balaban J connectivity index is 2.21. The minimum atomic E-state index is -0.506. The highest BCUT2D eigenvalue weighted by Crippen LogP contribution is 2.26. The third-order valence-corrected chi connectivity index (χ3v) is 3.68. The molecule has 5 N–H and O–H groups in total. The Morgan fingerprint density at radius 2 is 2.14 bits per heavy atom. The van der Waals surface area contributed by atoms with Crippen LogP contribution in [0.5, 0.6) is 0 Å². The fraction of sp³-hybridized carbons (Fsp3) is 0.625. The number of nitrogens with zero attached hydrogens (tertiary/aromatic N) is 1. The third-order valence-electron chi connectivity index (χ3n) is 3.68. The smallest absolute Gasteiger partial charge is 0.252 e. The Hall–Kier alpha value is -1.82. The summed E-state index contributed by atoms with van der Waals surface area (Å²) in [6, 6.07) is 1.96. The van der Waals surface area contributed by atoms with Gasteiger partial charge in [-0.25, -0.2) is 4.98 Å².